The van der Waals surface area contributed by atoms with Crippen LogP contribution in [0.4, 0.5) is 5.69 Å². The SMILES string of the molecule is Cn1nccc(NN)c1=O. The van der Waals surface area contributed by atoms with Gasteiger partial charge in [0.25, 0.3) is 5.56 Å². The molecule has 0 aliphatic heterocycles. The molecule has 5 heteroatoms. The van der Waals surface area contributed by atoms with Gasteiger partial charge in [-0.2, -0.15) is 5.10 Å². The summed E-state index contributed by atoms with van der Waals surface area (Å²) in [7, 11) is 1.56. The molecule has 5 nitrogen and oxygen atoms in total. The number of hydrogen-bond donors (Lipinski definition) is 2. The van der Waals surface area contributed by atoms with Crippen LogP contribution in [0.5, 0.6) is 0 Å². The average Bonchev–Trinajstić information content (AvgIpc) is 1.95. The van der Waals surface area contributed by atoms with Gasteiger partial charge in [-0.25, -0.2) is 4.68 Å². The summed E-state index contributed by atoms with van der Waals surface area (Å²) in [5.41, 5.74) is 2.38. The summed E-state index contributed by atoms with van der Waals surface area (Å²) in [5, 5.41) is 3.70. The van der Waals surface area contributed by atoms with Crippen molar-refractivity contribution in [2.75, 3.05) is 5.43 Å². The molecule has 54 valence electrons. The lowest BCUT2D eigenvalue weighted by atomic mass is 10.5. The van der Waals surface area contributed by atoms with E-state index in [9.17, 15) is 4.79 Å². The Hall–Kier alpha value is -1.36. The zero-order chi connectivity index (χ0) is 7.56. The van der Waals surface area contributed by atoms with Crippen LogP contribution in [0.15, 0.2) is 17.1 Å². The lowest BCUT2D eigenvalue weighted by Gasteiger charge is -1.98. The summed E-state index contributed by atoms with van der Waals surface area (Å²) in [6.45, 7) is 0. The number of hydrogen-bond acceptors (Lipinski definition) is 4. The number of rotatable bonds is 1. The topological polar surface area (TPSA) is 72.9 Å². The minimum Gasteiger partial charge on any atom is -0.319 e. The fraction of sp³-hybridized carbons (Fsp3) is 0.200. The van der Waals surface area contributed by atoms with Crippen molar-refractivity contribution >= 4 is 5.69 Å². The van der Waals surface area contributed by atoms with E-state index in [-0.39, 0.29) is 5.56 Å². The molecule has 0 aliphatic carbocycles. The molecule has 0 aromatic carbocycles. The van der Waals surface area contributed by atoms with Crippen molar-refractivity contribution in [3.05, 3.63) is 22.6 Å². The van der Waals surface area contributed by atoms with E-state index in [1.165, 1.54) is 16.9 Å². The largest absolute Gasteiger partial charge is 0.319 e. The molecular weight excluding hydrogens is 132 g/mol. The van der Waals surface area contributed by atoms with Gasteiger partial charge in [-0.15, -0.1) is 0 Å². The van der Waals surface area contributed by atoms with Gasteiger partial charge in [-0.05, 0) is 6.07 Å². The molecule has 1 rings (SSSR count). The van der Waals surface area contributed by atoms with Crippen molar-refractivity contribution in [3.8, 4) is 0 Å². The number of hydrazine groups is 1. The highest BCUT2D eigenvalue weighted by Crippen LogP contribution is 1.89. The number of anilines is 1. The second-order valence-electron chi connectivity index (χ2n) is 1.82. The Morgan fingerprint density at radius 2 is 2.50 bits per heavy atom. The lowest BCUT2D eigenvalue weighted by molar-refractivity contribution is 0.709. The zero-order valence-electron chi connectivity index (χ0n) is 5.53. The van der Waals surface area contributed by atoms with Gasteiger partial charge < -0.3 is 5.43 Å². The van der Waals surface area contributed by atoms with Gasteiger partial charge >= 0.3 is 0 Å². The first kappa shape index (κ1) is 6.76. The summed E-state index contributed by atoms with van der Waals surface area (Å²) in [4.78, 5) is 11.0. The Morgan fingerprint density at radius 1 is 1.80 bits per heavy atom. The predicted molar refractivity (Wildman–Crippen MR) is 37.3 cm³/mol. The number of nitrogen functional groups attached to an aromatic ring is 1. The van der Waals surface area contributed by atoms with Gasteiger partial charge in [0, 0.05) is 13.2 Å². The minimum atomic E-state index is -0.231. The highest BCUT2D eigenvalue weighted by molar-refractivity contribution is 5.36. The number of aryl methyl sites for hydroxylation is 1. The molecule has 0 aliphatic rings. The fourth-order valence-electron chi connectivity index (χ4n) is 0.616. The van der Waals surface area contributed by atoms with Gasteiger partial charge in [0.1, 0.15) is 5.69 Å². The molecule has 0 unspecified atom stereocenters. The van der Waals surface area contributed by atoms with Crippen LogP contribution in [-0.2, 0) is 7.05 Å². The van der Waals surface area contributed by atoms with E-state index >= 15 is 0 Å². The summed E-state index contributed by atoms with van der Waals surface area (Å²) >= 11 is 0. The van der Waals surface area contributed by atoms with Crippen molar-refractivity contribution in [1.29, 1.82) is 0 Å². The second-order valence-corrected chi connectivity index (χ2v) is 1.82. The van der Waals surface area contributed by atoms with E-state index in [0.29, 0.717) is 5.69 Å². The quantitative estimate of drug-likeness (QED) is 0.390. The first-order valence-electron chi connectivity index (χ1n) is 2.74. The van der Waals surface area contributed by atoms with Crippen LogP contribution in [0.2, 0.25) is 0 Å². The van der Waals surface area contributed by atoms with Crippen LogP contribution in [0, 0.1) is 0 Å². The van der Waals surface area contributed by atoms with Crippen molar-refractivity contribution in [1.82, 2.24) is 9.78 Å². The van der Waals surface area contributed by atoms with E-state index in [1.54, 1.807) is 7.05 Å². The molecule has 10 heavy (non-hydrogen) atoms. The molecular formula is C5H8N4O. The molecule has 0 fully saturated rings. The third-order valence-electron chi connectivity index (χ3n) is 1.16. The van der Waals surface area contributed by atoms with E-state index in [1.807, 2.05) is 0 Å². The fourth-order valence-corrected chi connectivity index (χ4v) is 0.616. The normalized spacial score (nSPS) is 9.40. The summed E-state index contributed by atoms with van der Waals surface area (Å²) < 4.78 is 1.20. The molecule has 0 bridgehead atoms. The van der Waals surface area contributed by atoms with Crippen LogP contribution in [-0.4, -0.2) is 9.78 Å². The standard InChI is InChI=1S/C5H8N4O/c1-9-5(10)4(8-6)2-3-7-9/h2-3,8H,6H2,1H3. The monoisotopic (exact) mass is 140 g/mol. The first-order valence-corrected chi connectivity index (χ1v) is 2.74. The second kappa shape index (κ2) is 2.49. The molecule has 1 heterocycles. The van der Waals surface area contributed by atoms with Gasteiger partial charge in [0.2, 0.25) is 0 Å². The van der Waals surface area contributed by atoms with Crippen LogP contribution in [0.25, 0.3) is 0 Å². The maximum Gasteiger partial charge on any atom is 0.291 e. The maximum atomic E-state index is 11.0. The Morgan fingerprint density at radius 3 is 3.00 bits per heavy atom. The summed E-state index contributed by atoms with van der Waals surface area (Å²) in [6, 6.07) is 1.52. The number of nitrogens with one attached hydrogen (secondary N) is 1. The number of nitrogens with two attached hydrogens (primary N) is 1. The molecule has 0 saturated carbocycles. The Labute approximate surface area is 57.4 Å². The van der Waals surface area contributed by atoms with E-state index in [2.05, 4.69) is 10.5 Å². The first-order chi connectivity index (χ1) is 4.75. The van der Waals surface area contributed by atoms with Gasteiger partial charge in [0.15, 0.2) is 0 Å². The van der Waals surface area contributed by atoms with Gasteiger partial charge in [0.05, 0.1) is 0 Å². The van der Waals surface area contributed by atoms with Crippen LogP contribution in [0.1, 0.15) is 0 Å². The third kappa shape index (κ3) is 0.985. The van der Waals surface area contributed by atoms with E-state index in [0.717, 1.165) is 0 Å². The van der Waals surface area contributed by atoms with Crippen molar-refractivity contribution in [2.24, 2.45) is 12.9 Å². The summed E-state index contributed by atoms with van der Waals surface area (Å²) in [5.74, 6) is 5.03. The Bertz CT molecular complexity index is 279. The van der Waals surface area contributed by atoms with Crippen LogP contribution >= 0.6 is 0 Å². The summed E-state index contributed by atoms with van der Waals surface area (Å²) in [6.07, 6.45) is 1.50. The maximum absolute atomic E-state index is 11.0. The molecule has 0 spiro atoms. The predicted octanol–water partition coefficient (Wildman–Crippen LogP) is -0.934. The lowest BCUT2D eigenvalue weighted by Crippen LogP contribution is -2.24. The van der Waals surface area contributed by atoms with Gasteiger partial charge in [-0.1, -0.05) is 0 Å². The Kier molecular flexibility index (Phi) is 1.68. The van der Waals surface area contributed by atoms with E-state index < -0.39 is 0 Å². The molecule has 1 aromatic rings. The number of aromatic nitrogens is 2. The highest BCUT2D eigenvalue weighted by Gasteiger charge is 1.95. The highest BCUT2D eigenvalue weighted by atomic mass is 16.1. The van der Waals surface area contributed by atoms with Crippen molar-refractivity contribution < 1.29 is 0 Å². The third-order valence-corrected chi connectivity index (χ3v) is 1.16. The molecule has 1 aromatic heterocycles. The average molecular weight is 140 g/mol. The van der Waals surface area contributed by atoms with E-state index in [4.69, 9.17) is 5.84 Å². The van der Waals surface area contributed by atoms with Crippen molar-refractivity contribution in [3.63, 3.8) is 0 Å². The Balaban J connectivity index is 3.28. The van der Waals surface area contributed by atoms with Crippen molar-refractivity contribution in [2.45, 2.75) is 0 Å². The molecule has 0 saturated heterocycles. The molecule has 3 N–H and O–H groups in total. The van der Waals surface area contributed by atoms with Gasteiger partial charge in [-0.3, -0.25) is 10.6 Å². The molecule has 0 radical (unpaired) electrons. The molecule has 0 atom stereocenters. The van der Waals surface area contributed by atoms with Crippen LogP contribution < -0.4 is 16.8 Å². The smallest absolute Gasteiger partial charge is 0.291 e. The minimum absolute atomic E-state index is 0.231. The van der Waals surface area contributed by atoms with Crippen LogP contribution in [0.3, 0.4) is 0 Å². The molecule has 0 amide bonds. The number of nitrogens with zero attached hydrogens (tertiary/aromatic N) is 2. The zero-order valence-corrected chi connectivity index (χ0v) is 5.53.